The van der Waals surface area contributed by atoms with Gasteiger partial charge in [0.15, 0.2) is 0 Å². The number of rotatable bonds is 13. The van der Waals surface area contributed by atoms with Crippen LogP contribution in [-0.4, -0.2) is 38.8 Å². The van der Waals surface area contributed by atoms with Gasteiger partial charge in [0.2, 0.25) is 0 Å². The van der Waals surface area contributed by atoms with E-state index in [1.54, 1.807) is 0 Å². The van der Waals surface area contributed by atoms with Crippen LogP contribution in [0.25, 0.3) is 0 Å². The van der Waals surface area contributed by atoms with E-state index < -0.39 is 17.7 Å². The van der Waals surface area contributed by atoms with E-state index in [-0.39, 0.29) is 30.5 Å². The highest BCUT2D eigenvalue weighted by molar-refractivity contribution is 5.86. The molecule has 2 saturated carbocycles. The van der Waals surface area contributed by atoms with E-state index in [4.69, 9.17) is 5.11 Å². The number of hydrogen-bond donors (Lipinski definition) is 3. The summed E-state index contributed by atoms with van der Waals surface area (Å²) in [4.78, 5) is 22.8. The van der Waals surface area contributed by atoms with Crippen LogP contribution in [-0.2, 0) is 9.59 Å². The van der Waals surface area contributed by atoms with E-state index >= 15 is 0 Å². The van der Waals surface area contributed by atoms with Gasteiger partial charge in [-0.15, -0.1) is 0 Å². The summed E-state index contributed by atoms with van der Waals surface area (Å²) in [6, 6.07) is 0. The lowest BCUT2D eigenvalue weighted by Crippen LogP contribution is -2.30. The molecule has 0 aromatic heterocycles. The van der Waals surface area contributed by atoms with Crippen LogP contribution in [0.2, 0.25) is 0 Å². The number of aliphatic carboxylic acids is 1. The Balaban J connectivity index is 1.88. The molecule has 2 aliphatic carbocycles. The first-order valence-corrected chi connectivity index (χ1v) is 10.8. The fourth-order valence-electron chi connectivity index (χ4n) is 4.26. The van der Waals surface area contributed by atoms with E-state index in [2.05, 4.69) is 6.92 Å². The molecule has 0 radical (unpaired) electrons. The summed E-state index contributed by atoms with van der Waals surface area (Å²) in [5, 5.41) is 29.9. The van der Waals surface area contributed by atoms with Crippen molar-refractivity contribution in [3.63, 3.8) is 0 Å². The molecule has 2 rings (SSSR count). The number of carbonyl (C=O) groups excluding carboxylic acids is 1. The molecule has 3 N–H and O–H groups in total. The zero-order valence-electron chi connectivity index (χ0n) is 17.1. The van der Waals surface area contributed by atoms with Crippen molar-refractivity contribution in [2.45, 2.75) is 89.3 Å². The average molecular weight is 393 g/mol. The largest absolute Gasteiger partial charge is 0.481 e. The zero-order chi connectivity index (χ0) is 20.6. The van der Waals surface area contributed by atoms with Crippen molar-refractivity contribution in [1.82, 2.24) is 0 Å². The maximum absolute atomic E-state index is 12.3. The molecule has 1 unspecified atom stereocenters. The Morgan fingerprint density at radius 3 is 2.61 bits per heavy atom. The highest BCUT2D eigenvalue weighted by Gasteiger charge is 2.43. The monoisotopic (exact) mass is 392 g/mol. The first-order chi connectivity index (χ1) is 13.4. The van der Waals surface area contributed by atoms with E-state index in [0.29, 0.717) is 31.6 Å². The highest BCUT2D eigenvalue weighted by Crippen LogP contribution is 2.44. The van der Waals surface area contributed by atoms with Crippen molar-refractivity contribution in [2.24, 2.45) is 17.8 Å². The summed E-state index contributed by atoms with van der Waals surface area (Å²) >= 11 is 0. The summed E-state index contributed by atoms with van der Waals surface area (Å²) < 4.78 is 0. The number of unbranched alkanes of at least 4 members (excludes halogenated alkanes) is 2. The summed E-state index contributed by atoms with van der Waals surface area (Å²) in [5.74, 6) is -0.771. The van der Waals surface area contributed by atoms with Gasteiger partial charge in [-0.3, -0.25) is 9.59 Å². The number of Topliss-reactive ketones (excluding diaryl/α,β-unsaturated/α-hetero) is 1. The minimum absolute atomic E-state index is 0.0662. The normalized spacial score (nSPS) is 27.7. The second-order valence-corrected chi connectivity index (χ2v) is 8.53. The molecule has 5 nitrogen and oxygen atoms in total. The summed E-state index contributed by atoms with van der Waals surface area (Å²) in [5.41, 5.74) is -0.647. The number of aliphatic hydroxyl groups excluding tert-OH is 1. The predicted molar refractivity (Wildman–Crippen MR) is 109 cm³/mol. The third-order valence-corrected chi connectivity index (χ3v) is 6.19. The number of aliphatic hydroxyl groups is 2. The molecule has 0 spiro atoms. The minimum Gasteiger partial charge on any atom is -0.481 e. The summed E-state index contributed by atoms with van der Waals surface area (Å²) in [6.45, 7) is 2.13. The number of ketones is 1. The number of allylic oxidation sites excluding steroid dienone is 3. The van der Waals surface area contributed by atoms with Gasteiger partial charge >= 0.3 is 5.97 Å². The zero-order valence-corrected chi connectivity index (χ0v) is 17.1. The number of carboxylic acid groups (broad SMARTS) is 1. The molecular formula is C23H36O5. The minimum atomic E-state index is -0.791. The Kier molecular flexibility index (Phi) is 8.90. The summed E-state index contributed by atoms with van der Waals surface area (Å²) in [7, 11) is 0. The molecule has 158 valence electrons. The molecule has 0 amide bonds. The lowest BCUT2D eigenvalue weighted by atomic mass is 9.86. The van der Waals surface area contributed by atoms with Gasteiger partial charge in [0.05, 0.1) is 11.7 Å². The van der Waals surface area contributed by atoms with Crippen molar-refractivity contribution in [3.8, 4) is 0 Å². The molecule has 5 heteroatoms. The van der Waals surface area contributed by atoms with Crippen molar-refractivity contribution in [3.05, 3.63) is 24.3 Å². The summed E-state index contributed by atoms with van der Waals surface area (Å²) in [6.07, 6.45) is 15.0. The van der Waals surface area contributed by atoms with Crippen molar-refractivity contribution in [1.29, 1.82) is 0 Å². The lowest BCUT2D eigenvalue weighted by Gasteiger charge is -2.27. The van der Waals surface area contributed by atoms with Crippen LogP contribution in [0.15, 0.2) is 24.3 Å². The average Bonchev–Trinajstić information content (AvgIpc) is 3.45. The quantitative estimate of drug-likeness (QED) is 0.325. The van der Waals surface area contributed by atoms with Crippen molar-refractivity contribution < 1.29 is 24.9 Å². The van der Waals surface area contributed by atoms with Crippen LogP contribution in [0.4, 0.5) is 0 Å². The highest BCUT2D eigenvalue weighted by atomic mass is 16.4. The van der Waals surface area contributed by atoms with Crippen LogP contribution in [0.1, 0.15) is 77.6 Å². The first-order valence-electron chi connectivity index (χ1n) is 10.8. The second kappa shape index (κ2) is 10.9. The number of carbonyl (C=O) groups is 2. The third-order valence-electron chi connectivity index (χ3n) is 6.19. The van der Waals surface area contributed by atoms with Gasteiger partial charge in [-0.1, -0.05) is 44.1 Å². The molecule has 0 aromatic carbocycles. The van der Waals surface area contributed by atoms with Crippen LogP contribution >= 0.6 is 0 Å². The molecule has 2 fully saturated rings. The Hall–Kier alpha value is -1.46. The Labute approximate surface area is 168 Å². The topological polar surface area (TPSA) is 94.8 Å². The predicted octanol–water partition coefficient (Wildman–Crippen LogP) is 4.03. The van der Waals surface area contributed by atoms with E-state index in [1.807, 2.05) is 24.3 Å². The van der Waals surface area contributed by atoms with Crippen LogP contribution < -0.4 is 0 Å². The van der Waals surface area contributed by atoms with Gasteiger partial charge < -0.3 is 15.3 Å². The van der Waals surface area contributed by atoms with E-state index in [9.17, 15) is 19.8 Å². The molecule has 2 aliphatic rings. The fraction of sp³-hybridized carbons (Fsp3) is 0.739. The van der Waals surface area contributed by atoms with Gasteiger partial charge in [0.25, 0.3) is 0 Å². The molecule has 28 heavy (non-hydrogen) atoms. The second-order valence-electron chi connectivity index (χ2n) is 8.53. The standard InChI is InChI=1S/C23H36O5/c1-2-3-14-23(28,17-12-13-17)15-8-10-19-18(20(24)16-21(19)25)9-6-4-5-7-11-22(26)27/h4,6,8,10,17-20,24,28H,2-3,5,7,9,11-16H2,1H3,(H,26,27)/t18-,19-,20+,23?/m1/s1. The van der Waals surface area contributed by atoms with E-state index in [0.717, 1.165) is 32.1 Å². The van der Waals surface area contributed by atoms with Crippen molar-refractivity contribution in [2.75, 3.05) is 0 Å². The van der Waals surface area contributed by atoms with Gasteiger partial charge in [-0.05, 0) is 50.9 Å². The molecular weight excluding hydrogens is 356 g/mol. The molecule has 0 bridgehead atoms. The van der Waals surface area contributed by atoms with E-state index in [1.165, 1.54) is 0 Å². The SMILES string of the molecule is CCCCC(O)(CC=C[C@H]1C(=O)C[C@H](O)[C@@H]1CC=CCCCC(=O)O)C1CC1. The molecule has 0 saturated heterocycles. The van der Waals surface area contributed by atoms with Gasteiger partial charge in [-0.2, -0.15) is 0 Å². The molecule has 0 aromatic rings. The van der Waals surface area contributed by atoms with Gasteiger partial charge in [0.1, 0.15) is 5.78 Å². The Morgan fingerprint density at radius 1 is 1.21 bits per heavy atom. The smallest absolute Gasteiger partial charge is 0.303 e. The van der Waals surface area contributed by atoms with Gasteiger partial charge in [-0.25, -0.2) is 0 Å². The van der Waals surface area contributed by atoms with Gasteiger partial charge in [0, 0.05) is 24.7 Å². The number of hydrogen-bond acceptors (Lipinski definition) is 4. The lowest BCUT2D eigenvalue weighted by molar-refractivity contribution is -0.137. The Morgan fingerprint density at radius 2 is 1.96 bits per heavy atom. The van der Waals surface area contributed by atoms with Crippen LogP contribution in [0.3, 0.4) is 0 Å². The third kappa shape index (κ3) is 6.85. The molecule has 0 aliphatic heterocycles. The van der Waals surface area contributed by atoms with Crippen LogP contribution in [0.5, 0.6) is 0 Å². The maximum atomic E-state index is 12.3. The first kappa shape index (κ1) is 22.8. The fourth-order valence-corrected chi connectivity index (χ4v) is 4.26. The molecule has 0 heterocycles. The Bertz CT molecular complexity index is 578. The molecule has 4 atom stereocenters. The maximum Gasteiger partial charge on any atom is 0.303 e. The number of carboxylic acids is 1. The van der Waals surface area contributed by atoms with Crippen molar-refractivity contribution >= 4 is 11.8 Å². The van der Waals surface area contributed by atoms with Crippen LogP contribution in [0, 0.1) is 17.8 Å².